The number of rotatable bonds is 6. The molecule has 0 bridgehead atoms. The second kappa shape index (κ2) is 7.25. The van der Waals surface area contributed by atoms with Gasteiger partial charge in [-0.1, -0.05) is 0 Å². The standard InChI is InChI=1S/C13H22N4O2/c14-10-2-4-11(5-3-10)19-9-1-7-15-13(18)12-6-8-16-17-12/h6,8,10-11H,1-5,7,9,14H2,(H,15,18)(H,16,17). The summed E-state index contributed by atoms with van der Waals surface area (Å²) in [4.78, 5) is 11.6. The first-order valence-corrected chi connectivity index (χ1v) is 6.90. The summed E-state index contributed by atoms with van der Waals surface area (Å²) < 4.78 is 5.78. The van der Waals surface area contributed by atoms with Crippen molar-refractivity contribution in [3.63, 3.8) is 0 Å². The molecule has 1 saturated carbocycles. The van der Waals surface area contributed by atoms with Gasteiger partial charge in [-0.05, 0) is 38.2 Å². The second-order valence-electron chi connectivity index (χ2n) is 4.99. The zero-order valence-electron chi connectivity index (χ0n) is 11.1. The van der Waals surface area contributed by atoms with Crippen molar-refractivity contribution in [2.45, 2.75) is 44.2 Å². The van der Waals surface area contributed by atoms with Crippen molar-refractivity contribution >= 4 is 5.91 Å². The van der Waals surface area contributed by atoms with Crippen molar-refractivity contribution < 1.29 is 9.53 Å². The lowest BCUT2D eigenvalue weighted by Gasteiger charge is -2.26. The van der Waals surface area contributed by atoms with E-state index in [1.54, 1.807) is 12.3 Å². The minimum absolute atomic E-state index is 0.124. The molecule has 0 atom stereocenters. The van der Waals surface area contributed by atoms with Crippen LogP contribution in [-0.4, -0.2) is 41.4 Å². The first kappa shape index (κ1) is 14.0. The van der Waals surface area contributed by atoms with Gasteiger partial charge >= 0.3 is 0 Å². The third kappa shape index (κ3) is 4.65. The Hall–Kier alpha value is -1.40. The molecular formula is C13H22N4O2. The number of aromatic amines is 1. The fourth-order valence-electron chi connectivity index (χ4n) is 2.26. The third-order valence-corrected chi connectivity index (χ3v) is 3.42. The smallest absolute Gasteiger partial charge is 0.269 e. The van der Waals surface area contributed by atoms with Gasteiger partial charge in [-0.15, -0.1) is 0 Å². The van der Waals surface area contributed by atoms with Gasteiger partial charge in [0.2, 0.25) is 0 Å². The predicted molar refractivity (Wildman–Crippen MR) is 71.7 cm³/mol. The monoisotopic (exact) mass is 266 g/mol. The number of amides is 1. The quantitative estimate of drug-likeness (QED) is 0.664. The molecule has 6 nitrogen and oxygen atoms in total. The first-order valence-electron chi connectivity index (χ1n) is 6.90. The van der Waals surface area contributed by atoms with Crippen LogP contribution in [0.1, 0.15) is 42.6 Å². The molecule has 0 unspecified atom stereocenters. The van der Waals surface area contributed by atoms with Crippen molar-refractivity contribution in [2.75, 3.05) is 13.2 Å². The molecule has 0 spiro atoms. The third-order valence-electron chi connectivity index (χ3n) is 3.42. The van der Waals surface area contributed by atoms with E-state index in [4.69, 9.17) is 10.5 Å². The van der Waals surface area contributed by atoms with Crippen molar-refractivity contribution in [1.82, 2.24) is 15.5 Å². The van der Waals surface area contributed by atoms with Crippen molar-refractivity contribution in [2.24, 2.45) is 5.73 Å². The number of nitrogens with two attached hydrogens (primary N) is 1. The van der Waals surface area contributed by atoms with Gasteiger partial charge in [0.1, 0.15) is 5.69 Å². The zero-order valence-corrected chi connectivity index (χ0v) is 11.1. The Labute approximate surface area is 113 Å². The van der Waals surface area contributed by atoms with Crippen LogP contribution in [0.2, 0.25) is 0 Å². The highest BCUT2D eigenvalue weighted by atomic mass is 16.5. The summed E-state index contributed by atoms with van der Waals surface area (Å²) in [7, 11) is 0. The van der Waals surface area contributed by atoms with Crippen LogP contribution >= 0.6 is 0 Å². The number of carbonyl (C=O) groups excluding carboxylic acids is 1. The van der Waals surface area contributed by atoms with Crippen LogP contribution in [0.25, 0.3) is 0 Å². The molecule has 2 rings (SSSR count). The van der Waals surface area contributed by atoms with Gasteiger partial charge in [-0.2, -0.15) is 5.10 Å². The van der Waals surface area contributed by atoms with Crippen LogP contribution in [0.4, 0.5) is 0 Å². The molecule has 1 aliphatic carbocycles. The van der Waals surface area contributed by atoms with Crippen molar-refractivity contribution in [1.29, 1.82) is 0 Å². The molecule has 1 fully saturated rings. The predicted octanol–water partition coefficient (Wildman–Crippen LogP) is 0.816. The van der Waals surface area contributed by atoms with Gasteiger partial charge in [-0.3, -0.25) is 9.89 Å². The number of hydrogen-bond donors (Lipinski definition) is 3. The zero-order chi connectivity index (χ0) is 13.5. The van der Waals surface area contributed by atoms with Gasteiger partial charge in [0.05, 0.1) is 6.10 Å². The van der Waals surface area contributed by atoms with Crippen LogP contribution in [-0.2, 0) is 4.74 Å². The first-order chi connectivity index (χ1) is 9.25. The van der Waals surface area contributed by atoms with E-state index in [0.29, 0.717) is 31.0 Å². The Balaban J connectivity index is 1.51. The van der Waals surface area contributed by atoms with E-state index in [1.807, 2.05) is 0 Å². The van der Waals surface area contributed by atoms with Gasteiger partial charge in [0.15, 0.2) is 0 Å². The molecule has 1 aromatic heterocycles. The number of hydrogen-bond acceptors (Lipinski definition) is 4. The maximum atomic E-state index is 11.6. The lowest BCUT2D eigenvalue weighted by molar-refractivity contribution is 0.0241. The lowest BCUT2D eigenvalue weighted by atomic mass is 9.94. The number of carbonyl (C=O) groups is 1. The Morgan fingerprint density at radius 3 is 2.95 bits per heavy atom. The minimum atomic E-state index is -0.124. The van der Waals surface area contributed by atoms with Crippen LogP contribution in [0.5, 0.6) is 0 Å². The van der Waals surface area contributed by atoms with E-state index in [0.717, 1.165) is 32.1 Å². The fourth-order valence-corrected chi connectivity index (χ4v) is 2.26. The van der Waals surface area contributed by atoms with Gasteiger partial charge in [0.25, 0.3) is 5.91 Å². The summed E-state index contributed by atoms with van der Waals surface area (Å²) in [6.45, 7) is 1.30. The molecule has 0 saturated heterocycles. The van der Waals surface area contributed by atoms with Gasteiger partial charge in [-0.25, -0.2) is 0 Å². The normalized spacial score (nSPS) is 23.2. The molecule has 106 valence electrons. The molecular weight excluding hydrogens is 244 g/mol. The van der Waals surface area contributed by atoms with Crippen LogP contribution in [0.15, 0.2) is 12.3 Å². The minimum Gasteiger partial charge on any atom is -0.378 e. The van der Waals surface area contributed by atoms with E-state index in [-0.39, 0.29) is 5.91 Å². The molecule has 1 heterocycles. The summed E-state index contributed by atoms with van der Waals surface area (Å²) in [5.74, 6) is -0.124. The lowest BCUT2D eigenvalue weighted by Crippen LogP contribution is -2.31. The maximum absolute atomic E-state index is 11.6. The van der Waals surface area contributed by atoms with Crippen molar-refractivity contribution in [3.05, 3.63) is 18.0 Å². The Kier molecular flexibility index (Phi) is 5.35. The molecule has 1 aliphatic rings. The van der Waals surface area contributed by atoms with E-state index in [2.05, 4.69) is 15.5 Å². The van der Waals surface area contributed by atoms with E-state index in [9.17, 15) is 4.79 Å². The molecule has 0 aliphatic heterocycles. The van der Waals surface area contributed by atoms with Crippen LogP contribution < -0.4 is 11.1 Å². The van der Waals surface area contributed by atoms with Gasteiger partial charge < -0.3 is 15.8 Å². The molecule has 1 amide bonds. The highest BCUT2D eigenvalue weighted by molar-refractivity contribution is 5.91. The summed E-state index contributed by atoms with van der Waals surface area (Å²) in [5.41, 5.74) is 6.33. The second-order valence-corrected chi connectivity index (χ2v) is 4.99. The Bertz CT molecular complexity index is 372. The largest absolute Gasteiger partial charge is 0.378 e. The molecule has 6 heteroatoms. The number of H-pyrrole nitrogens is 1. The Morgan fingerprint density at radius 2 is 2.26 bits per heavy atom. The summed E-state index contributed by atoms with van der Waals surface area (Å²) in [6.07, 6.45) is 6.96. The fraction of sp³-hybridized carbons (Fsp3) is 0.692. The molecule has 0 aromatic carbocycles. The molecule has 19 heavy (non-hydrogen) atoms. The molecule has 4 N–H and O–H groups in total. The Morgan fingerprint density at radius 1 is 1.47 bits per heavy atom. The highest BCUT2D eigenvalue weighted by Crippen LogP contribution is 2.19. The average Bonchev–Trinajstić information content (AvgIpc) is 2.94. The maximum Gasteiger partial charge on any atom is 0.269 e. The number of aromatic nitrogens is 2. The van der Waals surface area contributed by atoms with E-state index >= 15 is 0 Å². The number of nitrogens with one attached hydrogen (secondary N) is 2. The number of ether oxygens (including phenoxy) is 1. The highest BCUT2D eigenvalue weighted by Gasteiger charge is 2.18. The molecule has 1 aromatic rings. The summed E-state index contributed by atoms with van der Waals surface area (Å²) in [5, 5.41) is 9.18. The van der Waals surface area contributed by atoms with Gasteiger partial charge in [0, 0.05) is 25.4 Å². The number of nitrogens with zero attached hydrogens (tertiary/aromatic N) is 1. The average molecular weight is 266 g/mol. The van der Waals surface area contributed by atoms with Crippen LogP contribution in [0, 0.1) is 0 Å². The van der Waals surface area contributed by atoms with Crippen molar-refractivity contribution in [3.8, 4) is 0 Å². The van der Waals surface area contributed by atoms with Crippen LogP contribution in [0.3, 0.4) is 0 Å². The topological polar surface area (TPSA) is 93.0 Å². The SMILES string of the molecule is NC1CCC(OCCCNC(=O)c2ccn[nH]2)CC1. The molecule has 0 radical (unpaired) electrons. The van der Waals surface area contributed by atoms with E-state index in [1.165, 1.54) is 0 Å². The van der Waals surface area contributed by atoms with E-state index < -0.39 is 0 Å². The summed E-state index contributed by atoms with van der Waals surface area (Å²) >= 11 is 0. The summed E-state index contributed by atoms with van der Waals surface area (Å²) in [6, 6.07) is 2.01.